The summed E-state index contributed by atoms with van der Waals surface area (Å²) in [7, 11) is 0. The molecule has 2 saturated carbocycles. The van der Waals surface area contributed by atoms with Crippen molar-refractivity contribution in [3.8, 4) is 0 Å². The number of pyridine rings is 1. The number of aryl methyl sites for hydroxylation is 1. The highest BCUT2D eigenvalue weighted by atomic mass is 19.1. The Morgan fingerprint density at radius 3 is 2.82 bits per heavy atom. The van der Waals surface area contributed by atoms with Crippen LogP contribution in [0.2, 0.25) is 0 Å². The number of fused-ring (bicyclic) bond motifs is 3. The van der Waals surface area contributed by atoms with Gasteiger partial charge in [-0.1, -0.05) is 12.1 Å². The molecular weight excluding hydrogens is 483 g/mol. The molecule has 0 spiro atoms. The maximum Gasteiger partial charge on any atom is 0.166 e. The van der Waals surface area contributed by atoms with E-state index in [-0.39, 0.29) is 24.1 Å². The Kier molecular flexibility index (Phi) is 5.56. The number of ether oxygens (including phenoxy) is 2. The highest BCUT2D eigenvalue weighted by Crippen LogP contribution is 2.49. The van der Waals surface area contributed by atoms with Crippen LogP contribution >= 0.6 is 0 Å². The Bertz CT molecular complexity index is 1520. The van der Waals surface area contributed by atoms with Crippen molar-refractivity contribution >= 4 is 33.6 Å². The third-order valence-electron chi connectivity index (χ3n) is 8.34. The van der Waals surface area contributed by atoms with Gasteiger partial charge in [-0.2, -0.15) is 0 Å². The van der Waals surface area contributed by atoms with E-state index in [0.717, 1.165) is 47.7 Å². The van der Waals surface area contributed by atoms with E-state index in [9.17, 15) is 4.39 Å². The summed E-state index contributed by atoms with van der Waals surface area (Å²) in [4.78, 5) is 13.3. The van der Waals surface area contributed by atoms with Crippen LogP contribution in [0.25, 0.3) is 21.9 Å². The van der Waals surface area contributed by atoms with E-state index < -0.39 is 5.79 Å². The first-order valence-electron chi connectivity index (χ1n) is 13.6. The lowest BCUT2D eigenvalue weighted by Gasteiger charge is -2.24. The standard InChI is InChI=1S/C29H33FN6O2/c1-29(2)37-24-19(13-23(25(24)38-29)36-10-9-20-26(31)33-15-34-28(20)36)8-6-16-5-7-18-12-21(30)27(35-22(18)11-16)32-14-17-3-4-17/h5,7,9-12,15,17,19,23-25H,3-4,6,8,13-14H2,1-2H3,(H,32,35)(H2,31,33,34)/t19-,23+,24+,25-/m0/s1. The molecule has 7 rings (SSSR count). The molecule has 38 heavy (non-hydrogen) atoms. The minimum Gasteiger partial charge on any atom is -0.383 e. The summed E-state index contributed by atoms with van der Waals surface area (Å²) in [6.45, 7) is 4.75. The molecule has 1 aliphatic heterocycles. The molecule has 0 bridgehead atoms. The van der Waals surface area contributed by atoms with Crippen LogP contribution < -0.4 is 11.1 Å². The maximum atomic E-state index is 14.5. The highest BCUT2D eigenvalue weighted by molar-refractivity contribution is 5.86. The van der Waals surface area contributed by atoms with Gasteiger partial charge in [0.2, 0.25) is 0 Å². The fourth-order valence-corrected chi connectivity index (χ4v) is 6.25. The van der Waals surface area contributed by atoms with Crippen molar-refractivity contribution in [2.75, 3.05) is 17.6 Å². The van der Waals surface area contributed by atoms with E-state index in [1.807, 2.05) is 32.2 Å². The van der Waals surface area contributed by atoms with Crippen molar-refractivity contribution in [2.24, 2.45) is 11.8 Å². The number of benzene rings is 1. The van der Waals surface area contributed by atoms with E-state index in [2.05, 4.69) is 37.0 Å². The number of nitrogens with two attached hydrogens (primary N) is 1. The molecule has 4 heterocycles. The van der Waals surface area contributed by atoms with E-state index >= 15 is 0 Å². The van der Waals surface area contributed by atoms with Crippen LogP contribution in [0.4, 0.5) is 16.0 Å². The van der Waals surface area contributed by atoms with E-state index in [1.165, 1.54) is 24.7 Å². The summed E-state index contributed by atoms with van der Waals surface area (Å²) in [6, 6.07) is 9.81. The zero-order chi connectivity index (χ0) is 26.0. The first-order chi connectivity index (χ1) is 18.3. The van der Waals surface area contributed by atoms with Crippen LogP contribution in [-0.4, -0.2) is 44.1 Å². The SMILES string of the molecule is CC1(C)O[C@@H]2[C@@H](CCc3ccc4cc(F)c(NCC5CC5)nc4c3)C[C@@H](n3ccc4c(N)ncnc43)[C@@H]2O1. The van der Waals surface area contributed by atoms with Gasteiger partial charge in [-0.3, -0.25) is 0 Å². The minimum atomic E-state index is -0.635. The van der Waals surface area contributed by atoms with Gasteiger partial charge in [-0.25, -0.2) is 19.3 Å². The molecule has 4 aromatic rings. The van der Waals surface area contributed by atoms with Crippen molar-refractivity contribution in [2.45, 2.75) is 70.0 Å². The fourth-order valence-electron chi connectivity index (χ4n) is 6.25. The molecule has 3 fully saturated rings. The fraction of sp³-hybridized carbons (Fsp3) is 0.483. The quantitative estimate of drug-likeness (QED) is 0.347. The molecule has 0 unspecified atom stereocenters. The predicted molar refractivity (Wildman–Crippen MR) is 144 cm³/mol. The number of nitrogens with one attached hydrogen (secondary N) is 1. The first-order valence-corrected chi connectivity index (χ1v) is 13.6. The van der Waals surface area contributed by atoms with Crippen LogP contribution in [0.15, 0.2) is 42.9 Å². The summed E-state index contributed by atoms with van der Waals surface area (Å²) in [5.41, 5.74) is 8.94. The topological polar surface area (TPSA) is 100 Å². The zero-order valence-corrected chi connectivity index (χ0v) is 21.7. The third kappa shape index (κ3) is 4.27. The minimum absolute atomic E-state index is 0.00228. The molecule has 1 aromatic carbocycles. The van der Waals surface area contributed by atoms with Gasteiger partial charge in [-0.15, -0.1) is 0 Å². The number of hydrogen-bond acceptors (Lipinski definition) is 7. The summed E-state index contributed by atoms with van der Waals surface area (Å²) < 4.78 is 29.6. The smallest absolute Gasteiger partial charge is 0.166 e. The number of rotatable bonds is 7. The molecule has 0 radical (unpaired) electrons. The van der Waals surface area contributed by atoms with Crippen molar-refractivity contribution in [1.29, 1.82) is 0 Å². The average molecular weight is 517 g/mol. The number of halogens is 1. The third-order valence-corrected chi connectivity index (χ3v) is 8.34. The maximum absolute atomic E-state index is 14.5. The van der Waals surface area contributed by atoms with Crippen molar-refractivity contribution in [3.05, 3.63) is 54.2 Å². The summed E-state index contributed by atoms with van der Waals surface area (Å²) >= 11 is 0. The number of anilines is 2. The van der Waals surface area contributed by atoms with Gasteiger partial charge in [0.15, 0.2) is 17.4 Å². The van der Waals surface area contributed by atoms with Gasteiger partial charge in [0.05, 0.1) is 23.0 Å². The molecule has 2 aliphatic carbocycles. The van der Waals surface area contributed by atoms with Crippen molar-refractivity contribution < 1.29 is 13.9 Å². The lowest BCUT2D eigenvalue weighted by Crippen LogP contribution is -2.27. The van der Waals surface area contributed by atoms with Gasteiger partial charge < -0.3 is 25.1 Å². The summed E-state index contributed by atoms with van der Waals surface area (Å²) in [6.07, 6.45) is 8.66. The summed E-state index contributed by atoms with van der Waals surface area (Å²) in [5.74, 6) is 0.878. The van der Waals surface area contributed by atoms with E-state index in [0.29, 0.717) is 23.5 Å². The second-order valence-corrected chi connectivity index (χ2v) is 11.6. The Labute approximate surface area is 220 Å². The lowest BCUT2D eigenvalue weighted by molar-refractivity contribution is -0.160. The second-order valence-electron chi connectivity index (χ2n) is 11.6. The van der Waals surface area contributed by atoms with Crippen LogP contribution in [-0.2, 0) is 15.9 Å². The number of nitrogens with zero attached hydrogens (tertiary/aromatic N) is 4. The lowest BCUT2D eigenvalue weighted by atomic mass is 9.95. The van der Waals surface area contributed by atoms with Gasteiger partial charge in [0.25, 0.3) is 0 Å². The van der Waals surface area contributed by atoms with Crippen molar-refractivity contribution in [3.63, 3.8) is 0 Å². The molecule has 1 saturated heterocycles. The molecule has 3 aromatic heterocycles. The van der Waals surface area contributed by atoms with Gasteiger partial charge in [0, 0.05) is 18.1 Å². The van der Waals surface area contributed by atoms with Crippen LogP contribution in [0.5, 0.6) is 0 Å². The molecular formula is C29H33FN6O2. The molecule has 198 valence electrons. The first kappa shape index (κ1) is 23.8. The Hall–Kier alpha value is -3.30. The number of nitrogen functional groups attached to an aromatic ring is 1. The zero-order valence-electron chi connectivity index (χ0n) is 21.7. The van der Waals surface area contributed by atoms with Crippen LogP contribution in [0.3, 0.4) is 0 Å². The highest BCUT2D eigenvalue weighted by Gasteiger charge is 2.54. The normalized spacial score (nSPS) is 26.3. The van der Waals surface area contributed by atoms with E-state index in [1.54, 1.807) is 6.07 Å². The molecule has 0 amide bonds. The van der Waals surface area contributed by atoms with Crippen molar-refractivity contribution in [1.82, 2.24) is 19.5 Å². The Morgan fingerprint density at radius 1 is 1.13 bits per heavy atom. The molecule has 4 atom stereocenters. The largest absolute Gasteiger partial charge is 0.383 e. The van der Waals surface area contributed by atoms with Gasteiger partial charge >= 0.3 is 0 Å². The molecule has 3 N–H and O–H groups in total. The Morgan fingerprint density at radius 2 is 1.97 bits per heavy atom. The molecule has 9 heteroatoms. The summed E-state index contributed by atoms with van der Waals surface area (Å²) in [5, 5.41) is 4.87. The Balaban J connectivity index is 1.12. The molecule has 8 nitrogen and oxygen atoms in total. The number of hydrogen-bond donors (Lipinski definition) is 2. The van der Waals surface area contributed by atoms with Crippen LogP contribution in [0, 0.1) is 17.7 Å². The monoisotopic (exact) mass is 516 g/mol. The van der Waals surface area contributed by atoms with Crippen LogP contribution in [0.1, 0.15) is 51.1 Å². The van der Waals surface area contributed by atoms with E-state index in [4.69, 9.17) is 15.2 Å². The second kappa shape index (κ2) is 8.88. The predicted octanol–water partition coefficient (Wildman–Crippen LogP) is 5.24. The molecule has 3 aliphatic rings. The van der Waals surface area contributed by atoms with Gasteiger partial charge in [-0.05, 0) is 81.5 Å². The van der Waals surface area contributed by atoms with Gasteiger partial charge in [0.1, 0.15) is 23.9 Å². The average Bonchev–Trinajstić information content (AvgIpc) is 3.41. The number of aromatic nitrogens is 4.